The van der Waals surface area contributed by atoms with Gasteiger partial charge in [0.15, 0.2) is 11.6 Å². The smallest absolute Gasteiger partial charge is 0.382 e. The van der Waals surface area contributed by atoms with Gasteiger partial charge in [-0.25, -0.2) is 4.98 Å². The molecule has 4 N–H and O–H groups in total. The van der Waals surface area contributed by atoms with Crippen LogP contribution in [0.5, 0.6) is 0 Å². The number of aromatic nitrogens is 2. The van der Waals surface area contributed by atoms with E-state index in [1.807, 2.05) is 0 Å². The highest BCUT2D eigenvalue weighted by molar-refractivity contribution is 5.35. The lowest BCUT2D eigenvalue weighted by Gasteiger charge is -2.12. The Morgan fingerprint density at radius 1 is 1.22 bits per heavy atom. The molecule has 1 heterocycles. The van der Waals surface area contributed by atoms with Gasteiger partial charge in [-0.15, -0.1) is 0 Å². The minimum Gasteiger partial charge on any atom is -0.382 e. The van der Waals surface area contributed by atoms with Gasteiger partial charge in [-0.05, 0) is 5.56 Å². The van der Waals surface area contributed by atoms with E-state index in [4.69, 9.17) is 5.73 Å². The van der Waals surface area contributed by atoms with Crippen molar-refractivity contribution in [3.05, 3.63) is 47.3 Å². The molecule has 1 aromatic carbocycles. The zero-order valence-corrected chi connectivity index (χ0v) is 9.07. The van der Waals surface area contributed by atoms with Crippen LogP contribution in [0, 0.1) is 0 Å². The summed E-state index contributed by atoms with van der Waals surface area (Å²) in [6.07, 6.45) is -6.12. The van der Waals surface area contributed by atoms with E-state index in [1.54, 1.807) is 18.2 Å². The number of hydrogen-bond donors (Lipinski definition) is 3. The van der Waals surface area contributed by atoms with Crippen molar-refractivity contribution in [3.8, 4) is 0 Å². The van der Waals surface area contributed by atoms with Crippen LogP contribution in [-0.2, 0) is 6.18 Å². The van der Waals surface area contributed by atoms with Crippen LogP contribution in [0.3, 0.4) is 0 Å². The van der Waals surface area contributed by atoms with Crippen LogP contribution in [-0.4, -0.2) is 15.1 Å². The Kier molecular flexibility index (Phi) is 3.00. The highest BCUT2D eigenvalue weighted by Crippen LogP contribution is 2.35. The van der Waals surface area contributed by atoms with Crippen molar-refractivity contribution < 1.29 is 18.3 Å². The lowest BCUT2D eigenvalue weighted by atomic mass is 10.1. The Morgan fingerprint density at radius 2 is 1.83 bits per heavy atom. The van der Waals surface area contributed by atoms with E-state index in [0.717, 1.165) is 0 Å². The summed E-state index contributed by atoms with van der Waals surface area (Å²) in [7, 11) is 0. The van der Waals surface area contributed by atoms with E-state index in [-0.39, 0.29) is 5.95 Å². The van der Waals surface area contributed by atoms with Crippen LogP contribution < -0.4 is 5.73 Å². The highest BCUT2D eigenvalue weighted by atomic mass is 19.4. The predicted octanol–water partition coefficient (Wildman–Crippen LogP) is 2.09. The zero-order chi connectivity index (χ0) is 13.3. The summed E-state index contributed by atoms with van der Waals surface area (Å²) in [5, 5.41) is 9.92. The summed E-state index contributed by atoms with van der Waals surface area (Å²) in [5.74, 6) is -0.382. The number of nitrogen functional groups attached to an aromatic ring is 1. The minimum absolute atomic E-state index is 0.326. The number of benzene rings is 1. The number of aliphatic hydroxyl groups excluding tert-OH is 1. The van der Waals surface area contributed by atoms with Crippen LogP contribution in [0.15, 0.2) is 30.3 Å². The molecule has 7 heteroatoms. The largest absolute Gasteiger partial charge is 0.435 e. The summed E-state index contributed by atoms with van der Waals surface area (Å²) in [6.45, 7) is 0. The maximum Gasteiger partial charge on any atom is 0.435 e. The molecule has 0 unspecified atom stereocenters. The maximum absolute atomic E-state index is 12.7. The number of nitrogens with zero attached hydrogens (tertiary/aromatic N) is 1. The fraction of sp³-hybridized carbons (Fsp3) is 0.182. The van der Waals surface area contributed by atoms with E-state index in [9.17, 15) is 18.3 Å². The summed E-state index contributed by atoms with van der Waals surface area (Å²) < 4.78 is 38.1. The molecule has 0 saturated carbocycles. The number of anilines is 1. The molecule has 18 heavy (non-hydrogen) atoms. The average Bonchev–Trinajstić information content (AvgIpc) is 2.71. The van der Waals surface area contributed by atoms with Gasteiger partial charge in [-0.1, -0.05) is 30.3 Å². The molecule has 0 saturated heterocycles. The van der Waals surface area contributed by atoms with Gasteiger partial charge in [0, 0.05) is 0 Å². The molecule has 0 amide bonds. The first-order valence-corrected chi connectivity index (χ1v) is 5.05. The molecule has 0 fully saturated rings. The molecular formula is C11H10F3N3O. The number of nitrogens with two attached hydrogens (primary N) is 1. The van der Waals surface area contributed by atoms with Crippen LogP contribution in [0.2, 0.25) is 0 Å². The van der Waals surface area contributed by atoms with E-state index < -0.39 is 23.7 Å². The van der Waals surface area contributed by atoms with Crippen molar-refractivity contribution in [2.45, 2.75) is 12.3 Å². The zero-order valence-electron chi connectivity index (χ0n) is 9.07. The van der Waals surface area contributed by atoms with Gasteiger partial charge < -0.3 is 15.8 Å². The summed E-state index contributed by atoms with van der Waals surface area (Å²) in [5.41, 5.74) is 3.89. The average molecular weight is 257 g/mol. The fourth-order valence-electron chi connectivity index (χ4n) is 1.62. The van der Waals surface area contributed by atoms with E-state index in [0.29, 0.717) is 5.56 Å². The van der Waals surface area contributed by atoms with Gasteiger partial charge in [-0.3, -0.25) is 0 Å². The molecule has 96 valence electrons. The number of aliphatic hydroxyl groups is 1. The summed E-state index contributed by atoms with van der Waals surface area (Å²) in [4.78, 5) is 5.41. The molecule has 1 aromatic heterocycles. The number of alkyl halides is 3. The second-order valence-corrected chi connectivity index (χ2v) is 3.70. The molecule has 2 rings (SSSR count). The van der Waals surface area contributed by atoms with Crippen LogP contribution in [0.1, 0.15) is 23.1 Å². The molecule has 2 aromatic rings. The molecule has 4 nitrogen and oxygen atoms in total. The molecule has 0 spiro atoms. The third-order valence-electron chi connectivity index (χ3n) is 2.41. The summed E-state index contributed by atoms with van der Waals surface area (Å²) >= 11 is 0. The molecule has 0 aliphatic rings. The van der Waals surface area contributed by atoms with Crippen molar-refractivity contribution in [3.63, 3.8) is 0 Å². The van der Waals surface area contributed by atoms with Crippen molar-refractivity contribution in [2.75, 3.05) is 5.73 Å². The number of nitrogens with one attached hydrogen (secondary N) is 1. The van der Waals surface area contributed by atoms with Gasteiger partial charge in [0.05, 0.1) is 5.69 Å². The fourth-order valence-corrected chi connectivity index (χ4v) is 1.62. The van der Waals surface area contributed by atoms with Crippen LogP contribution in [0.4, 0.5) is 19.1 Å². The number of hydrogen-bond acceptors (Lipinski definition) is 3. The highest BCUT2D eigenvalue weighted by Gasteiger charge is 2.39. The monoisotopic (exact) mass is 257 g/mol. The van der Waals surface area contributed by atoms with Gasteiger partial charge >= 0.3 is 6.18 Å². The number of halogens is 3. The van der Waals surface area contributed by atoms with Gasteiger partial charge in [0.25, 0.3) is 0 Å². The van der Waals surface area contributed by atoms with E-state index in [2.05, 4.69) is 9.97 Å². The molecule has 0 bridgehead atoms. The van der Waals surface area contributed by atoms with Crippen molar-refractivity contribution in [2.24, 2.45) is 0 Å². The number of rotatable bonds is 2. The third kappa shape index (κ3) is 2.30. The first-order chi connectivity index (χ1) is 8.39. The minimum atomic E-state index is -4.67. The molecule has 0 aliphatic heterocycles. The Hall–Kier alpha value is -2.02. The number of H-pyrrole nitrogens is 1. The maximum atomic E-state index is 12.7. The predicted molar refractivity (Wildman–Crippen MR) is 58.5 cm³/mol. The number of imidazole rings is 1. The first-order valence-electron chi connectivity index (χ1n) is 5.05. The van der Waals surface area contributed by atoms with Gasteiger partial charge in [0.1, 0.15) is 6.10 Å². The first kappa shape index (κ1) is 12.4. The Bertz CT molecular complexity index is 536. The van der Waals surface area contributed by atoms with Crippen LogP contribution >= 0.6 is 0 Å². The van der Waals surface area contributed by atoms with Gasteiger partial charge in [-0.2, -0.15) is 13.2 Å². The Morgan fingerprint density at radius 3 is 2.39 bits per heavy atom. The Balaban J connectivity index is 2.46. The van der Waals surface area contributed by atoms with E-state index in [1.165, 1.54) is 12.1 Å². The second kappa shape index (κ2) is 4.34. The SMILES string of the molecule is Nc1nc(C(F)(F)F)c([C@H](O)c2ccccc2)[nH]1. The topological polar surface area (TPSA) is 74.9 Å². The van der Waals surface area contributed by atoms with Crippen LogP contribution in [0.25, 0.3) is 0 Å². The quantitative estimate of drug-likeness (QED) is 0.771. The standard InChI is InChI=1S/C11H10F3N3O/c12-11(13,14)9-7(16-10(15)17-9)8(18)6-4-2-1-3-5-6/h1-5,8,18H,(H3,15,16,17)/t8-/m1/s1. The van der Waals surface area contributed by atoms with Crippen molar-refractivity contribution >= 4 is 5.95 Å². The lowest BCUT2D eigenvalue weighted by molar-refractivity contribution is -0.142. The second-order valence-electron chi connectivity index (χ2n) is 3.70. The van der Waals surface area contributed by atoms with E-state index >= 15 is 0 Å². The Labute approximate surface area is 100 Å². The molecule has 0 radical (unpaired) electrons. The molecule has 1 atom stereocenters. The molecular weight excluding hydrogens is 247 g/mol. The van der Waals surface area contributed by atoms with Gasteiger partial charge in [0.2, 0.25) is 0 Å². The lowest BCUT2D eigenvalue weighted by Crippen LogP contribution is -2.12. The normalized spacial score (nSPS) is 13.6. The van der Waals surface area contributed by atoms with Crippen molar-refractivity contribution in [1.29, 1.82) is 0 Å². The summed E-state index contributed by atoms with van der Waals surface area (Å²) in [6, 6.07) is 7.96. The number of aromatic amines is 1. The third-order valence-corrected chi connectivity index (χ3v) is 2.41. The molecule has 0 aliphatic carbocycles. The van der Waals surface area contributed by atoms with Crippen molar-refractivity contribution in [1.82, 2.24) is 9.97 Å².